The summed E-state index contributed by atoms with van der Waals surface area (Å²) in [5, 5.41) is 15.0. The zero-order valence-electron chi connectivity index (χ0n) is 12.3. The number of benzene rings is 1. The molecule has 1 amide bonds. The average molecular weight is 329 g/mol. The summed E-state index contributed by atoms with van der Waals surface area (Å²) in [5.41, 5.74) is 0.938. The van der Waals surface area contributed by atoms with Gasteiger partial charge in [0.25, 0.3) is 0 Å². The lowest BCUT2D eigenvalue weighted by atomic mass is 10.1. The van der Waals surface area contributed by atoms with Crippen LogP contribution in [0.25, 0.3) is 0 Å². The fourth-order valence-electron chi connectivity index (χ4n) is 2.37. The maximum absolute atomic E-state index is 12.1. The van der Waals surface area contributed by atoms with E-state index in [1.54, 1.807) is 0 Å². The van der Waals surface area contributed by atoms with E-state index in [1.807, 2.05) is 30.3 Å². The molecule has 0 bridgehead atoms. The summed E-state index contributed by atoms with van der Waals surface area (Å²) in [7, 11) is 1.30. The van der Waals surface area contributed by atoms with Gasteiger partial charge >= 0.3 is 5.97 Å². The summed E-state index contributed by atoms with van der Waals surface area (Å²) in [5.74, 6) is -0.774. The first-order chi connectivity index (χ1) is 10.1. The zero-order valence-corrected chi connectivity index (χ0v) is 13.1. The molecule has 1 saturated heterocycles. The van der Waals surface area contributed by atoms with E-state index in [4.69, 9.17) is 4.74 Å². The maximum atomic E-state index is 12.1. The van der Waals surface area contributed by atoms with E-state index >= 15 is 0 Å². The number of rotatable bonds is 5. The SMILES string of the molecule is COC(=O)C(Cc1ccccc1)NC(=O)C1CC(O)CN1.Cl. The molecule has 0 spiro atoms. The number of carbonyl (C=O) groups is 2. The first kappa shape index (κ1) is 18.4. The van der Waals surface area contributed by atoms with Crippen molar-refractivity contribution in [2.45, 2.75) is 31.0 Å². The number of hydrogen-bond donors (Lipinski definition) is 3. The predicted molar refractivity (Wildman–Crippen MR) is 83.8 cm³/mol. The second kappa shape index (κ2) is 8.73. The molecule has 1 heterocycles. The van der Waals surface area contributed by atoms with Crippen LogP contribution in [0.2, 0.25) is 0 Å². The van der Waals surface area contributed by atoms with E-state index in [1.165, 1.54) is 7.11 Å². The number of nitrogens with one attached hydrogen (secondary N) is 2. The number of esters is 1. The van der Waals surface area contributed by atoms with Crippen LogP contribution in [0.15, 0.2) is 30.3 Å². The molecule has 0 aliphatic carbocycles. The minimum Gasteiger partial charge on any atom is -0.467 e. The summed E-state index contributed by atoms with van der Waals surface area (Å²) < 4.78 is 4.75. The van der Waals surface area contributed by atoms with Crippen LogP contribution < -0.4 is 10.6 Å². The first-order valence-corrected chi connectivity index (χ1v) is 6.93. The lowest BCUT2D eigenvalue weighted by Gasteiger charge is -2.19. The van der Waals surface area contributed by atoms with Gasteiger partial charge in [0.05, 0.1) is 19.3 Å². The van der Waals surface area contributed by atoms with E-state index in [-0.39, 0.29) is 18.3 Å². The van der Waals surface area contributed by atoms with Crippen molar-refractivity contribution in [1.29, 1.82) is 0 Å². The van der Waals surface area contributed by atoms with Crippen LogP contribution >= 0.6 is 12.4 Å². The molecule has 0 radical (unpaired) electrons. The lowest BCUT2D eigenvalue weighted by molar-refractivity contribution is -0.145. The van der Waals surface area contributed by atoms with Crippen LogP contribution in [-0.2, 0) is 20.7 Å². The van der Waals surface area contributed by atoms with Crippen LogP contribution in [0.4, 0.5) is 0 Å². The van der Waals surface area contributed by atoms with Crippen molar-refractivity contribution in [3.63, 3.8) is 0 Å². The van der Waals surface area contributed by atoms with Crippen molar-refractivity contribution >= 4 is 24.3 Å². The third-order valence-corrected chi connectivity index (χ3v) is 3.51. The van der Waals surface area contributed by atoms with Crippen LogP contribution in [0, 0.1) is 0 Å². The Bertz CT molecular complexity index is 498. The van der Waals surface area contributed by atoms with Gasteiger partial charge in [0.15, 0.2) is 0 Å². The number of carbonyl (C=O) groups excluding carboxylic acids is 2. The van der Waals surface area contributed by atoms with Crippen LogP contribution in [0.5, 0.6) is 0 Å². The number of aliphatic hydroxyl groups excluding tert-OH is 1. The average Bonchev–Trinajstić information content (AvgIpc) is 2.93. The summed E-state index contributed by atoms with van der Waals surface area (Å²) >= 11 is 0. The number of methoxy groups -OCH3 is 1. The van der Waals surface area contributed by atoms with E-state index < -0.39 is 24.2 Å². The van der Waals surface area contributed by atoms with Gasteiger partial charge < -0.3 is 20.5 Å². The molecular formula is C15H21ClN2O4. The Labute approximate surface area is 135 Å². The summed E-state index contributed by atoms with van der Waals surface area (Å²) in [6.07, 6.45) is 0.200. The number of aliphatic hydroxyl groups is 1. The second-order valence-corrected chi connectivity index (χ2v) is 5.12. The van der Waals surface area contributed by atoms with E-state index in [2.05, 4.69) is 10.6 Å². The van der Waals surface area contributed by atoms with Crippen molar-refractivity contribution in [2.24, 2.45) is 0 Å². The Kier molecular flexibility index (Phi) is 7.31. The minimum atomic E-state index is -0.732. The lowest BCUT2D eigenvalue weighted by Crippen LogP contribution is -2.49. The zero-order chi connectivity index (χ0) is 15.2. The highest BCUT2D eigenvalue weighted by Gasteiger charge is 2.31. The van der Waals surface area contributed by atoms with E-state index in [0.29, 0.717) is 19.4 Å². The largest absolute Gasteiger partial charge is 0.467 e. The van der Waals surface area contributed by atoms with Crippen LogP contribution in [0.1, 0.15) is 12.0 Å². The molecule has 1 fully saturated rings. The monoisotopic (exact) mass is 328 g/mol. The molecule has 3 N–H and O–H groups in total. The molecule has 7 heteroatoms. The molecule has 3 unspecified atom stereocenters. The maximum Gasteiger partial charge on any atom is 0.328 e. The summed E-state index contributed by atoms with van der Waals surface area (Å²) in [6.45, 7) is 0.389. The highest BCUT2D eigenvalue weighted by atomic mass is 35.5. The first-order valence-electron chi connectivity index (χ1n) is 6.93. The van der Waals surface area contributed by atoms with Gasteiger partial charge in [0.1, 0.15) is 6.04 Å². The van der Waals surface area contributed by atoms with Gasteiger partial charge in [-0.25, -0.2) is 4.79 Å². The van der Waals surface area contributed by atoms with E-state index in [9.17, 15) is 14.7 Å². The Morgan fingerprint density at radius 3 is 2.64 bits per heavy atom. The van der Waals surface area contributed by atoms with Gasteiger partial charge in [-0.2, -0.15) is 0 Å². The predicted octanol–water partition coefficient (Wildman–Crippen LogP) is 0.0315. The van der Waals surface area contributed by atoms with Gasteiger partial charge in [-0.05, 0) is 12.0 Å². The summed E-state index contributed by atoms with van der Waals surface area (Å²) in [4.78, 5) is 23.9. The third-order valence-electron chi connectivity index (χ3n) is 3.51. The summed E-state index contributed by atoms with van der Waals surface area (Å²) in [6, 6.07) is 8.21. The van der Waals surface area contributed by atoms with Gasteiger partial charge in [-0.1, -0.05) is 30.3 Å². The molecule has 0 aromatic heterocycles. The second-order valence-electron chi connectivity index (χ2n) is 5.12. The Morgan fingerprint density at radius 2 is 2.09 bits per heavy atom. The van der Waals surface area contributed by atoms with Gasteiger partial charge in [-0.15, -0.1) is 12.4 Å². The van der Waals surface area contributed by atoms with Gasteiger partial charge in [-0.3, -0.25) is 4.79 Å². The van der Waals surface area contributed by atoms with Crippen molar-refractivity contribution < 1.29 is 19.4 Å². The molecule has 1 aromatic carbocycles. The van der Waals surface area contributed by atoms with Gasteiger partial charge in [0, 0.05) is 13.0 Å². The number of halogens is 1. The van der Waals surface area contributed by atoms with Crippen molar-refractivity contribution in [2.75, 3.05) is 13.7 Å². The molecule has 0 saturated carbocycles. The highest BCUT2D eigenvalue weighted by Crippen LogP contribution is 2.09. The number of amides is 1. The highest BCUT2D eigenvalue weighted by molar-refractivity contribution is 5.88. The fourth-order valence-corrected chi connectivity index (χ4v) is 2.37. The molecule has 1 aliphatic rings. The third kappa shape index (κ3) is 4.98. The molecule has 3 atom stereocenters. The Morgan fingerprint density at radius 1 is 1.41 bits per heavy atom. The molecular weight excluding hydrogens is 308 g/mol. The minimum absolute atomic E-state index is 0. The number of β-amino-alcohol motifs (C(OH)–C–C–N with tert-alkyl or cyclic N) is 1. The van der Waals surface area contributed by atoms with Crippen molar-refractivity contribution in [1.82, 2.24) is 10.6 Å². The molecule has 1 aliphatic heterocycles. The van der Waals surface area contributed by atoms with Gasteiger partial charge in [0.2, 0.25) is 5.91 Å². The molecule has 122 valence electrons. The quantitative estimate of drug-likeness (QED) is 0.664. The van der Waals surface area contributed by atoms with Crippen molar-refractivity contribution in [3.05, 3.63) is 35.9 Å². The van der Waals surface area contributed by atoms with E-state index in [0.717, 1.165) is 5.56 Å². The molecule has 22 heavy (non-hydrogen) atoms. The Balaban J connectivity index is 0.00000242. The standard InChI is InChI=1S/C15H20N2O4.ClH/c1-21-15(20)13(7-10-5-3-2-4-6-10)17-14(19)12-8-11(18)9-16-12;/h2-6,11-13,16,18H,7-9H2,1H3,(H,17,19);1H. The molecule has 2 rings (SSSR count). The fraction of sp³-hybridized carbons (Fsp3) is 0.467. The molecule has 1 aromatic rings. The van der Waals surface area contributed by atoms with Crippen LogP contribution in [-0.4, -0.2) is 48.8 Å². The van der Waals surface area contributed by atoms with Crippen molar-refractivity contribution in [3.8, 4) is 0 Å². The number of hydrogen-bond acceptors (Lipinski definition) is 5. The smallest absolute Gasteiger partial charge is 0.328 e. The normalized spacial score (nSPS) is 21.5. The topological polar surface area (TPSA) is 87.7 Å². The number of ether oxygens (including phenoxy) is 1. The molecule has 6 nitrogen and oxygen atoms in total. The Hall–Kier alpha value is -1.63. The van der Waals surface area contributed by atoms with Crippen LogP contribution in [0.3, 0.4) is 0 Å².